The van der Waals surface area contributed by atoms with E-state index in [9.17, 15) is 0 Å². The maximum Gasteiger partial charge on any atom is 0.144 e. The molecule has 1 heterocycles. The van der Waals surface area contributed by atoms with Gasteiger partial charge in [-0.3, -0.25) is 5.01 Å². The Hall–Kier alpha value is -3.11. The molecule has 0 amide bonds. The second-order valence-corrected chi connectivity index (χ2v) is 10.1. The lowest BCUT2D eigenvalue weighted by Gasteiger charge is -2.30. The van der Waals surface area contributed by atoms with Crippen molar-refractivity contribution >= 4 is 17.8 Å². The summed E-state index contributed by atoms with van der Waals surface area (Å²) >= 11 is 6.29. The van der Waals surface area contributed by atoms with Crippen LogP contribution in [0.25, 0.3) is 0 Å². The van der Waals surface area contributed by atoms with E-state index in [4.69, 9.17) is 11.6 Å². The molecule has 4 rings (SSSR count). The Bertz CT molecular complexity index is 1220. The second-order valence-electron chi connectivity index (χ2n) is 9.65. The molecule has 1 fully saturated rings. The number of benzene rings is 2. The highest BCUT2D eigenvalue weighted by Crippen LogP contribution is 2.40. The van der Waals surface area contributed by atoms with Gasteiger partial charge in [0.1, 0.15) is 6.17 Å². The van der Waals surface area contributed by atoms with Gasteiger partial charge in [-0.15, -0.1) is 0 Å². The molecular formula is C30H33ClFN3. The summed E-state index contributed by atoms with van der Waals surface area (Å²) in [5.41, 5.74) is 8.26. The van der Waals surface area contributed by atoms with Crippen molar-refractivity contribution in [3.05, 3.63) is 118 Å². The SMILES string of the molecule is C=C(C)CN1N=CC(Cc2cccc(C3CC3)c2)=C(C(=C)NCC(F)c2ccc(C)cc2Cl)C1=C. The van der Waals surface area contributed by atoms with Crippen molar-refractivity contribution < 1.29 is 4.39 Å². The van der Waals surface area contributed by atoms with Gasteiger partial charge in [0, 0.05) is 21.9 Å². The first kappa shape index (κ1) is 25.0. The first-order valence-electron chi connectivity index (χ1n) is 12.0. The van der Waals surface area contributed by atoms with Crippen LogP contribution in [0.5, 0.6) is 0 Å². The summed E-state index contributed by atoms with van der Waals surface area (Å²) < 4.78 is 15.1. The highest BCUT2D eigenvalue weighted by Gasteiger charge is 2.25. The summed E-state index contributed by atoms with van der Waals surface area (Å²) in [6.45, 7) is 17.1. The summed E-state index contributed by atoms with van der Waals surface area (Å²) in [7, 11) is 0. The van der Waals surface area contributed by atoms with Crippen LogP contribution < -0.4 is 5.32 Å². The van der Waals surface area contributed by atoms with Crippen molar-refractivity contribution in [1.82, 2.24) is 10.3 Å². The van der Waals surface area contributed by atoms with Gasteiger partial charge < -0.3 is 5.32 Å². The number of alkyl halides is 1. The molecule has 0 saturated heterocycles. The van der Waals surface area contributed by atoms with E-state index in [0.717, 1.165) is 28.0 Å². The molecule has 0 radical (unpaired) electrons. The Morgan fingerprint density at radius 1 is 1.23 bits per heavy atom. The van der Waals surface area contributed by atoms with Gasteiger partial charge in [-0.05, 0) is 67.4 Å². The molecule has 1 saturated carbocycles. The fourth-order valence-corrected chi connectivity index (χ4v) is 4.73. The monoisotopic (exact) mass is 489 g/mol. The zero-order chi connectivity index (χ0) is 25.1. The van der Waals surface area contributed by atoms with Gasteiger partial charge >= 0.3 is 0 Å². The Morgan fingerprint density at radius 3 is 2.69 bits per heavy atom. The Kier molecular flexibility index (Phi) is 7.61. The molecule has 0 spiro atoms. The number of hydrogen-bond acceptors (Lipinski definition) is 3. The largest absolute Gasteiger partial charge is 0.382 e. The molecule has 2 aromatic rings. The van der Waals surface area contributed by atoms with Crippen LogP contribution in [0.3, 0.4) is 0 Å². The van der Waals surface area contributed by atoms with Gasteiger partial charge in [0.15, 0.2) is 0 Å². The van der Waals surface area contributed by atoms with Crippen molar-refractivity contribution in [2.45, 2.75) is 45.2 Å². The smallest absolute Gasteiger partial charge is 0.144 e. The number of nitrogens with zero attached hydrogens (tertiary/aromatic N) is 2. The summed E-state index contributed by atoms with van der Waals surface area (Å²) in [5.74, 6) is 0.691. The standard InChI is InChI=1S/C30H33ClFN3/c1-19(2)18-35-22(5)30(21(4)33-17-29(32)27-12-9-20(3)13-28(27)31)26(16-34-35)15-23-7-6-8-25(14-23)24-10-11-24/h6-9,12-14,16,24,29,33H,1,4-5,10-11,15,17-18H2,2-3H3. The van der Waals surface area contributed by atoms with Gasteiger partial charge in [0.05, 0.1) is 25.0 Å². The molecule has 1 unspecified atom stereocenters. The molecule has 1 aliphatic carbocycles. The maximum atomic E-state index is 15.1. The number of allylic oxidation sites excluding steroid dienone is 1. The minimum atomic E-state index is -1.27. The number of hydrazone groups is 1. The molecule has 1 atom stereocenters. The molecule has 3 nitrogen and oxygen atoms in total. The van der Waals surface area contributed by atoms with Crippen LogP contribution in [-0.2, 0) is 6.42 Å². The Labute approximate surface area is 213 Å². The summed E-state index contributed by atoms with van der Waals surface area (Å²) in [4.78, 5) is 0. The van der Waals surface area contributed by atoms with Crippen molar-refractivity contribution in [2.24, 2.45) is 5.10 Å². The molecule has 2 aliphatic rings. The highest BCUT2D eigenvalue weighted by molar-refractivity contribution is 6.31. The molecule has 1 aliphatic heterocycles. The Balaban J connectivity index is 1.56. The molecule has 0 bridgehead atoms. The number of aryl methyl sites for hydroxylation is 1. The molecule has 0 aromatic heterocycles. The van der Waals surface area contributed by atoms with Crippen molar-refractivity contribution in [1.29, 1.82) is 0 Å². The van der Waals surface area contributed by atoms with E-state index < -0.39 is 6.17 Å². The zero-order valence-electron chi connectivity index (χ0n) is 20.6. The van der Waals surface area contributed by atoms with Crippen LogP contribution in [0, 0.1) is 6.92 Å². The van der Waals surface area contributed by atoms with E-state index in [1.54, 1.807) is 12.1 Å². The van der Waals surface area contributed by atoms with E-state index in [-0.39, 0.29) is 6.54 Å². The van der Waals surface area contributed by atoms with Crippen LogP contribution in [0.4, 0.5) is 4.39 Å². The van der Waals surface area contributed by atoms with Gasteiger partial charge in [0.2, 0.25) is 0 Å². The van der Waals surface area contributed by atoms with E-state index in [2.05, 4.69) is 54.4 Å². The quantitative estimate of drug-likeness (QED) is 0.348. The maximum absolute atomic E-state index is 15.1. The normalized spacial score (nSPS) is 16.5. The molecule has 35 heavy (non-hydrogen) atoms. The fraction of sp³-hybridized carbons (Fsp3) is 0.300. The minimum Gasteiger partial charge on any atom is -0.382 e. The lowest BCUT2D eigenvalue weighted by atomic mass is 9.94. The van der Waals surface area contributed by atoms with E-state index in [1.807, 2.05) is 31.1 Å². The van der Waals surface area contributed by atoms with E-state index in [1.165, 1.54) is 24.0 Å². The average Bonchev–Trinajstić information content (AvgIpc) is 3.65. The highest BCUT2D eigenvalue weighted by atomic mass is 35.5. The van der Waals surface area contributed by atoms with Gasteiger partial charge in [0.25, 0.3) is 0 Å². The van der Waals surface area contributed by atoms with Gasteiger partial charge in [-0.25, -0.2) is 4.39 Å². The molecule has 182 valence electrons. The van der Waals surface area contributed by atoms with Crippen LogP contribution in [0.15, 0.2) is 95.4 Å². The lowest BCUT2D eigenvalue weighted by Crippen LogP contribution is -2.29. The Morgan fingerprint density at radius 2 is 2.00 bits per heavy atom. The topological polar surface area (TPSA) is 27.6 Å². The fourth-order valence-electron chi connectivity index (χ4n) is 4.37. The predicted molar refractivity (Wildman–Crippen MR) is 145 cm³/mol. The summed E-state index contributed by atoms with van der Waals surface area (Å²) in [6.07, 6.45) is 3.83. The summed E-state index contributed by atoms with van der Waals surface area (Å²) in [5, 5.41) is 10.1. The molecule has 5 heteroatoms. The first-order valence-corrected chi connectivity index (χ1v) is 12.4. The van der Waals surface area contributed by atoms with E-state index in [0.29, 0.717) is 35.2 Å². The first-order chi connectivity index (χ1) is 16.7. The third-order valence-electron chi connectivity index (χ3n) is 6.38. The number of halogens is 2. The van der Waals surface area contributed by atoms with Crippen LogP contribution in [0.1, 0.15) is 54.1 Å². The van der Waals surface area contributed by atoms with Crippen LogP contribution >= 0.6 is 11.6 Å². The number of rotatable bonds is 10. The van der Waals surface area contributed by atoms with Crippen molar-refractivity contribution in [2.75, 3.05) is 13.1 Å². The van der Waals surface area contributed by atoms with Crippen LogP contribution in [0.2, 0.25) is 5.02 Å². The third-order valence-corrected chi connectivity index (χ3v) is 6.71. The van der Waals surface area contributed by atoms with Gasteiger partial charge in [-0.1, -0.05) is 73.3 Å². The van der Waals surface area contributed by atoms with Crippen LogP contribution in [-0.4, -0.2) is 24.3 Å². The van der Waals surface area contributed by atoms with Crippen molar-refractivity contribution in [3.8, 4) is 0 Å². The molecule has 1 N–H and O–H groups in total. The predicted octanol–water partition coefficient (Wildman–Crippen LogP) is 7.57. The zero-order valence-corrected chi connectivity index (χ0v) is 21.3. The minimum absolute atomic E-state index is 0.0560. The second kappa shape index (κ2) is 10.7. The van der Waals surface area contributed by atoms with Gasteiger partial charge in [-0.2, -0.15) is 5.10 Å². The number of hydrogen-bond donors (Lipinski definition) is 1. The average molecular weight is 490 g/mol. The molecule has 2 aromatic carbocycles. The lowest BCUT2D eigenvalue weighted by molar-refractivity contribution is 0.336. The third kappa shape index (κ3) is 6.12. The summed E-state index contributed by atoms with van der Waals surface area (Å²) in [6, 6.07) is 14.1. The number of nitrogens with one attached hydrogen (secondary N) is 1. The molecular weight excluding hydrogens is 457 g/mol. The van der Waals surface area contributed by atoms with E-state index >= 15 is 4.39 Å². The van der Waals surface area contributed by atoms with Crippen molar-refractivity contribution in [3.63, 3.8) is 0 Å².